The van der Waals surface area contributed by atoms with Gasteiger partial charge in [0.25, 0.3) is 5.91 Å². The van der Waals surface area contributed by atoms with Gasteiger partial charge in [0, 0.05) is 25.6 Å². The number of hydrogen-bond donors (Lipinski definition) is 2. The molecule has 0 bridgehead atoms. The molecule has 1 atom stereocenters. The number of amides is 2. The molecule has 1 fully saturated rings. The number of anilines is 1. The highest BCUT2D eigenvalue weighted by Gasteiger charge is 2.31. The number of rotatable bonds is 3. The Kier molecular flexibility index (Phi) is 4.07. The molecule has 0 saturated carbocycles. The summed E-state index contributed by atoms with van der Waals surface area (Å²) in [4.78, 5) is 25.2. The Bertz CT molecular complexity index is 519. The molecule has 2 amide bonds. The van der Waals surface area contributed by atoms with Crippen molar-refractivity contribution in [1.82, 2.24) is 5.32 Å². The predicted molar refractivity (Wildman–Crippen MR) is 74.4 cm³/mol. The van der Waals surface area contributed by atoms with Crippen LogP contribution in [0, 0.1) is 5.92 Å². The van der Waals surface area contributed by atoms with Crippen LogP contribution in [-0.2, 0) is 4.79 Å². The van der Waals surface area contributed by atoms with Gasteiger partial charge in [-0.1, -0.05) is 11.6 Å². The van der Waals surface area contributed by atoms with E-state index in [4.69, 9.17) is 17.3 Å². The van der Waals surface area contributed by atoms with E-state index in [0.717, 1.165) is 0 Å². The molecular formula is C13H16ClN3O2. The lowest BCUT2D eigenvalue weighted by Gasteiger charge is -2.19. The van der Waals surface area contributed by atoms with Crippen molar-refractivity contribution in [2.24, 2.45) is 11.7 Å². The Labute approximate surface area is 116 Å². The van der Waals surface area contributed by atoms with E-state index in [1.807, 2.05) is 0 Å². The number of nitrogens with two attached hydrogens (primary N) is 1. The first kappa shape index (κ1) is 13.8. The quantitative estimate of drug-likeness (QED) is 0.868. The smallest absolute Gasteiger partial charge is 0.251 e. The Balaban J connectivity index is 2.34. The van der Waals surface area contributed by atoms with Crippen LogP contribution in [0.2, 0.25) is 5.02 Å². The van der Waals surface area contributed by atoms with Crippen LogP contribution in [0.4, 0.5) is 5.69 Å². The number of nitrogens with one attached hydrogen (secondary N) is 1. The minimum absolute atomic E-state index is 0.00796. The van der Waals surface area contributed by atoms with Crippen LogP contribution >= 0.6 is 11.6 Å². The maximum absolute atomic E-state index is 12.0. The van der Waals surface area contributed by atoms with E-state index in [1.54, 1.807) is 30.1 Å². The van der Waals surface area contributed by atoms with Crippen molar-refractivity contribution >= 4 is 29.1 Å². The Morgan fingerprint density at radius 3 is 2.89 bits per heavy atom. The van der Waals surface area contributed by atoms with Crippen molar-refractivity contribution in [3.05, 3.63) is 28.8 Å². The van der Waals surface area contributed by atoms with Gasteiger partial charge in [-0.05, 0) is 30.7 Å². The van der Waals surface area contributed by atoms with Gasteiger partial charge in [-0.15, -0.1) is 0 Å². The van der Waals surface area contributed by atoms with Crippen LogP contribution in [0.15, 0.2) is 18.2 Å². The molecule has 1 aliphatic heterocycles. The van der Waals surface area contributed by atoms with E-state index in [1.165, 1.54) is 0 Å². The van der Waals surface area contributed by atoms with Gasteiger partial charge in [0.05, 0.1) is 10.7 Å². The van der Waals surface area contributed by atoms with Crippen LogP contribution in [0.5, 0.6) is 0 Å². The second-order valence-corrected chi connectivity index (χ2v) is 4.96. The zero-order valence-corrected chi connectivity index (χ0v) is 11.4. The number of hydrogen-bond acceptors (Lipinski definition) is 3. The summed E-state index contributed by atoms with van der Waals surface area (Å²) in [7, 11) is 1.56. The van der Waals surface area contributed by atoms with Crippen LogP contribution in [0.3, 0.4) is 0 Å². The highest BCUT2D eigenvalue weighted by Crippen LogP contribution is 2.31. The van der Waals surface area contributed by atoms with Crippen molar-refractivity contribution in [3.8, 4) is 0 Å². The molecular weight excluding hydrogens is 266 g/mol. The first-order valence-electron chi connectivity index (χ1n) is 6.09. The van der Waals surface area contributed by atoms with Gasteiger partial charge >= 0.3 is 0 Å². The number of benzene rings is 1. The third kappa shape index (κ3) is 2.72. The highest BCUT2D eigenvalue weighted by atomic mass is 35.5. The monoisotopic (exact) mass is 281 g/mol. The third-order valence-electron chi connectivity index (χ3n) is 3.26. The fraction of sp³-hybridized carbons (Fsp3) is 0.385. The summed E-state index contributed by atoms with van der Waals surface area (Å²) in [5, 5.41) is 3.00. The molecule has 19 heavy (non-hydrogen) atoms. The lowest BCUT2D eigenvalue weighted by atomic mass is 10.1. The average Bonchev–Trinajstić information content (AvgIpc) is 2.79. The second kappa shape index (κ2) is 5.59. The van der Waals surface area contributed by atoms with Crippen molar-refractivity contribution < 1.29 is 9.59 Å². The van der Waals surface area contributed by atoms with E-state index in [0.29, 0.717) is 35.8 Å². The standard InChI is InChI=1S/C13H16ClN3O2/c1-16-13(19)9-2-3-10(14)11(5-9)17-7-8(6-15)4-12(17)18/h2-3,5,8H,4,6-7,15H2,1H3,(H,16,19). The van der Waals surface area contributed by atoms with Gasteiger partial charge in [0.2, 0.25) is 5.91 Å². The van der Waals surface area contributed by atoms with Gasteiger partial charge in [-0.2, -0.15) is 0 Å². The molecule has 1 unspecified atom stereocenters. The molecule has 102 valence electrons. The van der Waals surface area contributed by atoms with E-state index in [-0.39, 0.29) is 17.7 Å². The summed E-state index contributed by atoms with van der Waals surface area (Å²) < 4.78 is 0. The SMILES string of the molecule is CNC(=O)c1ccc(Cl)c(N2CC(CN)CC2=O)c1. The molecule has 1 aliphatic rings. The van der Waals surface area contributed by atoms with Gasteiger partial charge in [0.15, 0.2) is 0 Å². The molecule has 3 N–H and O–H groups in total. The maximum Gasteiger partial charge on any atom is 0.251 e. The van der Waals surface area contributed by atoms with Crippen LogP contribution in [0.1, 0.15) is 16.8 Å². The number of carbonyl (C=O) groups excluding carboxylic acids is 2. The van der Waals surface area contributed by atoms with E-state index >= 15 is 0 Å². The lowest BCUT2D eigenvalue weighted by Crippen LogP contribution is -2.26. The second-order valence-electron chi connectivity index (χ2n) is 4.56. The highest BCUT2D eigenvalue weighted by molar-refractivity contribution is 6.34. The fourth-order valence-electron chi connectivity index (χ4n) is 2.18. The van der Waals surface area contributed by atoms with Crippen molar-refractivity contribution in [3.63, 3.8) is 0 Å². The first-order valence-corrected chi connectivity index (χ1v) is 6.46. The van der Waals surface area contributed by atoms with E-state index in [9.17, 15) is 9.59 Å². The number of halogens is 1. The van der Waals surface area contributed by atoms with Crippen molar-refractivity contribution in [2.75, 3.05) is 25.0 Å². The normalized spacial score (nSPS) is 18.8. The zero-order valence-electron chi connectivity index (χ0n) is 10.6. The summed E-state index contributed by atoms with van der Waals surface area (Å²) >= 11 is 6.12. The van der Waals surface area contributed by atoms with E-state index < -0.39 is 0 Å². The predicted octanol–water partition coefficient (Wildman–Crippen LogP) is 1.01. The number of carbonyl (C=O) groups is 2. The summed E-state index contributed by atoms with van der Waals surface area (Å²) in [6.45, 7) is 1.02. The van der Waals surface area contributed by atoms with Crippen molar-refractivity contribution in [1.29, 1.82) is 0 Å². The molecule has 5 nitrogen and oxygen atoms in total. The largest absolute Gasteiger partial charge is 0.355 e. The molecule has 1 aromatic rings. The molecule has 0 spiro atoms. The molecule has 0 aliphatic carbocycles. The fourth-order valence-corrected chi connectivity index (χ4v) is 2.40. The molecule has 2 rings (SSSR count). The molecule has 1 aromatic carbocycles. The summed E-state index contributed by atoms with van der Waals surface area (Å²) in [6.07, 6.45) is 0.428. The summed E-state index contributed by atoms with van der Waals surface area (Å²) in [5.74, 6) is -0.0708. The molecule has 0 radical (unpaired) electrons. The lowest BCUT2D eigenvalue weighted by molar-refractivity contribution is -0.117. The van der Waals surface area contributed by atoms with Crippen LogP contribution < -0.4 is 16.0 Å². The Hall–Kier alpha value is -1.59. The van der Waals surface area contributed by atoms with Crippen LogP contribution in [0.25, 0.3) is 0 Å². The minimum atomic E-state index is -0.208. The molecule has 1 heterocycles. The third-order valence-corrected chi connectivity index (χ3v) is 3.58. The molecule has 0 aromatic heterocycles. The van der Waals surface area contributed by atoms with Crippen LogP contribution in [-0.4, -0.2) is 32.0 Å². The van der Waals surface area contributed by atoms with Gasteiger partial charge in [-0.25, -0.2) is 0 Å². The van der Waals surface area contributed by atoms with Gasteiger partial charge < -0.3 is 16.0 Å². The topological polar surface area (TPSA) is 75.4 Å². The minimum Gasteiger partial charge on any atom is -0.355 e. The molecule has 6 heteroatoms. The van der Waals surface area contributed by atoms with Crippen molar-refractivity contribution in [2.45, 2.75) is 6.42 Å². The van der Waals surface area contributed by atoms with Gasteiger partial charge in [-0.3, -0.25) is 9.59 Å². The molecule has 1 saturated heterocycles. The number of nitrogens with zero attached hydrogens (tertiary/aromatic N) is 1. The Morgan fingerprint density at radius 1 is 1.58 bits per heavy atom. The van der Waals surface area contributed by atoms with E-state index in [2.05, 4.69) is 5.32 Å². The van der Waals surface area contributed by atoms with Gasteiger partial charge in [0.1, 0.15) is 0 Å². The summed E-state index contributed by atoms with van der Waals surface area (Å²) in [5.41, 5.74) is 6.65. The summed E-state index contributed by atoms with van der Waals surface area (Å²) in [6, 6.07) is 4.90. The Morgan fingerprint density at radius 2 is 2.32 bits per heavy atom. The zero-order chi connectivity index (χ0) is 14.0. The maximum atomic E-state index is 12.0. The average molecular weight is 282 g/mol. The first-order chi connectivity index (χ1) is 9.06.